The number of benzene rings is 1. The number of aromatic amines is 2. The molecule has 1 aromatic carbocycles. The van der Waals surface area contributed by atoms with Gasteiger partial charge >= 0.3 is 5.69 Å². The molecule has 0 aliphatic heterocycles. The molecule has 1 saturated carbocycles. The first kappa shape index (κ1) is 13.5. The monoisotopic (exact) mass is 294 g/mol. The lowest BCUT2D eigenvalue weighted by molar-refractivity contribution is -0.122. The van der Waals surface area contributed by atoms with Crippen LogP contribution in [0.3, 0.4) is 0 Å². The first-order valence-electron chi connectivity index (χ1n) is 6.41. The van der Waals surface area contributed by atoms with Gasteiger partial charge in [-0.15, -0.1) is 0 Å². The first-order valence-corrected chi connectivity index (χ1v) is 6.41. The van der Waals surface area contributed by atoms with E-state index in [0.717, 1.165) is 12.1 Å². The molecule has 1 heterocycles. The van der Waals surface area contributed by atoms with E-state index in [1.807, 2.05) is 0 Å². The molecule has 1 aliphatic carbocycles. The van der Waals surface area contributed by atoms with E-state index in [9.17, 15) is 18.4 Å². The quantitative estimate of drug-likeness (QED) is 0.779. The maximum absolute atomic E-state index is 13.1. The van der Waals surface area contributed by atoms with E-state index in [1.165, 1.54) is 6.07 Å². The smallest absolute Gasteiger partial charge is 0.340 e. The number of hydrogen-bond donors (Lipinski definition) is 3. The number of aromatic nitrogens is 3. The van der Waals surface area contributed by atoms with E-state index in [1.54, 1.807) is 0 Å². The molecule has 2 atom stereocenters. The normalized spacial score (nSPS) is 20.3. The Hall–Kier alpha value is -2.51. The van der Waals surface area contributed by atoms with E-state index >= 15 is 0 Å². The Balaban J connectivity index is 1.58. The lowest BCUT2D eigenvalue weighted by atomic mass is 10.1. The summed E-state index contributed by atoms with van der Waals surface area (Å²) in [7, 11) is 0. The summed E-state index contributed by atoms with van der Waals surface area (Å²) in [4.78, 5) is 25.2. The third kappa shape index (κ3) is 2.83. The minimum absolute atomic E-state index is 0.0988. The fourth-order valence-corrected chi connectivity index (χ4v) is 2.29. The van der Waals surface area contributed by atoms with Crippen molar-refractivity contribution < 1.29 is 13.6 Å². The van der Waals surface area contributed by atoms with Gasteiger partial charge in [0, 0.05) is 5.92 Å². The highest BCUT2D eigenvalue weighted by Crippen LogP contribution is 2.47. The van der Waals surface area contributed by atoms with Crippen molar-refractivity contribution in [2.45, 2.75) is 18.9 Å². The van der Waals surface area contributed by atoms with Crippen molar-refractivity contribution >= 4 is 5.91 Å². The van der Waals surface area contributed by atoms with Crippen LogP contribution in [-0.4, -0.2) is 21.1 Å². The fraction of sp³-hybridized carbons (Fsp3) is 0.308. The molecule has 0 radical (unpaired) electrons. The standard InChI is InChI=1S/C13H12F2N4O2/c14-9-2-1-6(3-10(9)15)7-4-8(7)12(20)16-5-11-17-13(21)19-18-11/h1-3,7-8H,4-5H2,(H,16,20)(H2,17,18,19,21)/t7-,8+/m1/s1. The van der Waals surface area contributed by atoms with Gasteiger partial charge < -0.3 is 5.32 Å². The van der Waals surface area contributed by atoms with Gasteiger partial charge in [0.25, 0.3) is 0 Å². The van der Waals surface area contributed by atoms with Gasteiger partial charge in [-0.3, -0.25) is 9.78 Å². The minimum atomic E-state index is -0.910. The Morgan fingerprint density at radius 2 is 2.19 bits per heavy atom. The van der Waals surface area contributed by atoms with E-state index in [4.69, 9.17) is 0 Å². The van der Waals surface area contributed by atoms with Crippen LogP contribution in [-0.2, 0) is 11.3 Å². The summed E-state index contributed by atoms with van der Waals surface area (Å²) in [5.41, 5.74) is 0.174. The summed E-state index contributed by atoms with van der Waals surface area (Å²) < 4.78 is 26.0. The molecule has 1 aromatic heterocycles. The predicted octanol–water partition coefficient (Wildman–Crippen LogP) is 0.796. The molecule has 21 heavy (non-hydrogen) atoms. The van der Waals surface area contributed by atoms with Crippen LogP contribution in [0.5, 0.6) is 0 Å². The Morgan fingerprint density at radius 1 is 1.38 bits per heavy atom. The number of rotatable bonds is 4. The van der Waals surface area contributed by atoms with Gasteiger partial charge in [0.2, 0.25) is 5.91 Å². The molecule has 1 amide bonds. The second-order valence-electron chi connectivity index (χ2n) is 4.96. The summed E-state index contributed by atoms with van der Waals surface area (Å²) in [6.07, 6.45) is 0.591. The second kappa shape index (κ2) is 5.12. The predicted molar refractivity (Wildman–Crippen MR) is 68.3 cm³/mol. The summed E-state index contributed by atoms with van der Waals surface area (Å²) in [6, 6.07) is 3.67. The lowest BCUT2D eigenvalue weighted by Gasteiger charge is -2.03. The maximum atomic E-state index is 13.1. The van der Waals surface area contributed by atoms with Gasteiger partial charge in [-0.25, -0.2) is 18.7 Å². The van der Waals surface area contributed by atoms with E-state index < -0.39 is 17.3 Å². The average molecular weight is 294 g/mol. The molecule has 1 aliphatic rings. The number of H-pyrrole nitrogens is 2. The second-order valence-corrected chi connectivity index (χ2v) is 4.96. The third-order valence-corrected chi connectivity index (χ3v) is 3.48. The van der Waals surface area contributed by atoms with Crippen molar-refractivity contribution in [3.05, 3.63) is 51.7 Å². The van der Waals surface area contributed by atoms with Gasteiger partial charge in [-0.2, -0.15) is 5.10 Å². The van der Waals surface area contributed by atoms with Crippen LogP contribution in [0.4, 0.5) is 8.78 Å². The molecule has 3 rings (SSSR count). The zero-order valence-electron chi connectivity index (χ0n) is 10.8. The van der Waals surface area contributed by atoms with Crippen LogP contribution in [0, 0.1) is 17.6 Å². The van der Waals surface area contributed by atoms with Crippen LogP contribution < -0.4 is 11.0 Å². The minimum Gasteiger partial charge on any atom is -0.349 e. The number of halogens is 2. The molecular formula is C13H12F2N4O2. The average Bonchev–Trinajstić information content (AvgIpc) is 3.15. The topological polar surface area (TPSA) is 90.6 Å². The molecular weight excluding hydrogens is 282 g/mol. The lowest BCUT2D eigenvalue weighted by Crippen LogP contribution is -2.25. The SMILES string of the molecule is O=C(NCc1n[nH]c(=O)[nH]1)[C@H]1C[C@@H]1c1ccc(F)c(F)c1. The van der Waals surface area contributed by atoms with Crippen molar-refractivity contribution in [3.63, 3.8) is 0 Å². The van der Waals surface area contributed by atoms with Crippen LogP contribution in [0.1, 0.15) is 23.7 Å². The molecule has 0 saturated heterocycles. The summed E-state index contributed by atoms with van der Waals surface area (Å²) >= 11 is 0. The Bertz CT molecular complexity index is 740. The van der Waals surface area contributed by atoms with Crippen LogP contribution in [0.2, 0.25) is 0 Å². The van der Waals surface area contributed by atoms with Gasteiger partial charge in [0.15, 0.2) is 11.6 Å². The highest BCUT2D eigenvalue weighted by Gasteiger charge is 2.44. The molecule has 8 heteroatoms. The van der Waals surface area contributed by atoms with Gasteiger partial charge in [0.1, 0.15) is 5.82 Å². The number of hydrogen-bond acceptors (Lipinski definition) is 3. The Morgan fingerprint density at radius 3 is 2.86 bits per heavy atom. The number of nitrogens with zero attached hydrogens (tertiary/aromatic N) is 1. The summed E-state index contributed by atoms with van der Waals surface area (Å²) in [6.45, 7) is 0.110. The van der Waals surface area contributed by atoms with Crippen LogP contribution >= 0.6 is 0 Å². The van der Waals surface area contributed by atoms with E-state index in [0.29, 0.717) is 17.8 Å². The largest absolute Gasteiger partial charge is 0.349 e. The zero-order valence-corrected chi connectivity index (χ0v) is 10.8. The van der Waals surface area contributed by atoms with E-state index in [2.05, 4.69) is 20.5 Å². The Labute approximate surface area is 117 Å². The molecule has 0 spiro atoms. The number of amides is 1. The summed E-state index contributed by atoms with van der Waals surface area (Å²) in [5, 5.41) is 8.50. The zero-order chi connectivity index (χ0) is 15.0. The number of carbonyl (C=O) groups excluding carboxylic acids is 1. The first-order chi connectivity index (χ1) is 10.0. The van der Waals surface area contributed by atoms with Gasteiger partial charge in [-0.1, -0.05) is 6.07 Å². The fourth-order valence-electron chi connectivity index (χ4n) is 2.29. The number of carbonyl (C=O) groups is 1. The molecule has 110 valence electrons. The summed E-state index contributed by atoms with van der Waals surface area (Å²) in [5.74, 6) is -2.04. The molecule has 3 N–H and O–H groups in total. The third-order valence-electron chi connectivity index (χ3n) is 3.48. The van der Waals surface area contributed by atoms with Crippen LogP contribution in [0.15, 0.2) is 23.0 Å². The van der Waals surface area contributed by atoms with Gasteiger partial charge in [0.05, 0.1) is 6.54 Å². The highest BCUT2D eigenvalue weighted by molar-refractivity contribution is 5.82. The van der Waals surface area contributed by atoms with Crippen molar-refractivity contribution in [3.8, 4) is 0 Å². The Kier molecular flexibility index (Phi) is 3.28. The van der Waals surface area contributed by atoms with Crippen molar-refractivity contribution in [1.82, 2.24) is 20.5 Å². The highest BCUT2D eigenvalue weighted by atomic mass is 19.2. The molecule has 2 aromatic rings. The molecule has 6 nitrogen and oxygen atoms in total. The van der Waals surface area contributed by atoms with E-state index in [-0.39, 0.29) is 24.3 Å². The molecule has 0 bridgehead atoms. The maximum Gasteiger partial charge on any atom is 0.340 e. The molecule has 1 fully saturated rings. The van der Waals surface area contributed by atoms with Gasteiger partial charge in [-0.05, 0) is 30.0 Å². The molecule has 0 unspecified atom stereocenters. The number of nitrogens with one attached hydrogen (secondary N) is 3. The van der Waals surface area contributed by atoms with Crippen molar-refractivity contribution in [2.24, 2.45) is 5.92 Å². The van der Waals surface area contributed by atoms with Crippen LogP contribution in [0.25, 0.3) is 0 Å². The van der Waals surface area contributed by atoms with Crippen molar-refractivity contribution in [1.29, 1.82) is 0 Å². The van der Waals surface area contributed by atoms with Crippen molar-refractivity contribution in [2.75, 3.05) is 0 Å².